The Bertz CT molecular complexity index is 735. The minimum absolute atomic E-state index is 0.114. The van der Waals surface area contributed by atoms with E-state index in [1.807, 2.05) is 13.8 Å². The Morgan fingerprint density at radius 3 is 2.33 bits per heavy atom. The number of carbonyl (C=O) groups is 2. The first-order chi connectivity index (χ1) is 11.3. The van der Waals surface area contributed by atoms with Crippen molar-refractivity contribution in [3.05, 3.63) is 47.3 Å². The van der Waals surface area contributed by atoms with Crippen LogP contribution >= 0.6 is 0 Å². The van der Waals surface area contributed by atoms with Crippen molar-refractivity contribution in [2.75, 3.05) is 7.11 Å². The topological polar surface area (TPSA) is 93.5 Å². The Hall–Kier alpha value is -2.83. The van der Waals surface area contributed by atoms with Crippen LogP contribution in [-0.4, -0.2) is 33.9 Å². The van der Waals surface area contributed by atoms with Crippen molar-refractivity contribution in [1.29, 1.82) is 0 Å². The van der Waals surface area contributed by atoms with Gasteiger partial charge in [0, 0.05) is 11.7 Å². The molecule has 0 radical (unpaired) electrons. The molecule has 128 valence electrons. The van der Waals surface area contributed by atoms with Crippen LogP contribution in [0.3, 0.4) is 0 Å². The van der Waals surface area contributed by atoms with E-state index in [1.54, 1.807) is 35.9 Å². The summed E-state index contributed by atoms with van der Waals surface area (Å²) in [4.78, 5) is 24.0. The molecule has 1 amide bonds. The van der Waals surface area contributed by atoms with Gasteiger partial charge in [-0.3, -0.25) is 9.48 Å². The number of hydrogen-bond acceptors (Lipinski definition) is 4. The maximum absolute atomic E-state index is 12.5. The van der Waals surface area contributed by atoms with E-state index in [9.17, 15) is 14.7 Å². The van der Waals surface area contributed by atoms with Crippen molar-refractivity contribution >= 4 is 11.9 Å². The summed E-state index contributed by atoms with van der Waals surface area (Å²) >= 11 is 0. The normalized spacial score (nSPS) is 12.0. The molecule has 1 heterocycles. The zero-order valence-electron chi connectivity index (χ0n) is 14.1. The summed E-state index contributed by atoms with van der Waals surface area (Å²) in [5.74, 6) is -0.992. The Morgan fingerprint density at radius 1 is 1.25 bits per heavy atom. The molecule has 2 N–H and O–H groups in total. The fourth-order valence-electron chi connectivity index (χ4n) is 2.46. The molecule has 7 heteroatoms. The molecule has 1 aromatic heterocycles. The molecular formula is C17H21N3O4. The molecular weight excluding hydrogens is 310 g/mol. The number of carboxylic acid groups (broad SMARTS) is 1. The van der Waals surface area contributed by atoms with E-state index in [0.29, 0.717) is 22.6 Å². The van der Waals surface area contributed by atoms with Gasteiger partial charge in [-0.2, -0.15) is 5.10 Å². The quantitative estimate of drug-likeness (QED) is 0.847. The second-order valence-electron chi connectivity index (χ2n) is 5.70. The van der Waals surface area contributed by atoms with Gasteiger partial charge in [0.15, 0.2) is 6.04 Å². The maximum atomic E-state index is 12.5. The standard InChI is InChI=1S/C17H21N3O4/c1-10(2)20-11(3)14(9-18-20)16(21)19-15(17(22)23)12-5-7-13(24-4)8-6-12/h5-10,15H,1-4H3,(H,19,21)(H,22,23). The lowest BCUT2D eigenvalue weighted by Crippen LogP contribution is -2.34. The van der Waals surface area contributed by atoms with Crippen LogP contribution in [0.5, 0.6) is 5.75 Å². The molecule has 0 aliphatic rings. The zero-order chi connectivity index (χ0) is 17.9. The number of nitrogens with one attached hydrogen (secondary N) is 1. The highest BCUT2D eigenvalue weighted by molar-refractivity contribution is 5.97. The number of benzene rings is 1. The first-order valence-electron chi connectivity index (χ1n) is 7.57. The van der Waals surface area contributed by atoms with Crippen molar-refractivity contribution in [2.24, 2.45) is 0 Å². The highest BCUT2D eigenvalue weighted by atomic mass is 16.5. The molecule has 2 rings (SSSR count). The van der Waals surface area contributed by atoms with E-state index in [0.717, 1.165) is 0 Å². The summed E-state index contributed by atoms with van der Waals surface area (Å²) in [6.45, 7) is 5.70. The maximum Gasteiger partial charge on any atom is 0.330 e. The molecule has 0 spiro atoms. The third-order valence-corrected chi connectivity index (χ3v) is 3.75. The first kappa shape index (κ1) is 17.5. The van der Waals surface area contributed by atoms with Crippen LogP contribution in [0.15, 0.2) is 30.5 Å². The molecule has 2 aromatic rings. The van der Waals surface area contributed by atoms with Gasteiger partial charge in [-0.05, 0) is 38.5 Å². The average Bonchev–Trinajstić information content (AvgIpc) is 2.94. The van der Waals surface area contributed by atoms with Crippen LogP contribution in [0.25, 0.3) is 0 Å². The second-order valence-corrected chi connectivity index (χ2v) is 5.70. The number of rotatable bonds is 6. The minimum Gasteiger partial charge on any atom is -0.497 e. The van der Waals surface area contributed by atoms with Crippen LogP contribution in [0.2, 0.25) is 0 Å². The SMILES string of the molecule is COc1ccc(C(NC(=O)c2cnn(C(C)C)c2C)C(=O)O)cc1. The molecule has 7 nitrogen and oxygen atoms in total. The highest BCUT2D eigenvalue weighted by Gasteiger charge is 2.25. The lowest BCUT2D eigenvalue weighted by molar-refractivity contribution is -0.139. The molecule has 24 heavy (non-hydrogen) atoms. The number of nitrogens with zero attached hydrogens (tertiary/aromatic N) is 2. The van der Waals surface area contributed by atoms with Gasteiger partial charge in [-0.1, -0.05) is 12.1 Å². The number of methoxy groups -OCH3 is 1. The van der Waals surface area contributed by atoms with Gasteiger partial charge in [0.05, 0.1) is 18.9 Å². The molecule has 0 bridgehead atoms. The molecule has 1 aromatic carbocycles. The first-order valence-corrected chi connectivity index (χ1v) is 7.57. The van der Waals surface area contributed by atoms with Gasteiger partial charge >= 0.3 is 5.97 Å². The van der Waals surface area contributed by atoms with Crippen molar-refractivity contribution in [3.8, 4) is 5.75 Å². The van der Waals surface area contributed by atoms with Gasteiger partial charge in [0.2, 0.25) is 0 Å². The van der Waals surface area contributed by atoms with Gasteiger partial charge in [0.25, 0.3) is 5.91 Å². The van der Waals surface area contributed by atoms with Crippen LogP contribution < -0.4 is 10.1 Å². The number of aromatic nitrogens is 2. The summed E-state index contributed by atoms with van der Waals surface area (Å²) in [5.41, 5.74) is 1.52. The van der Waals surface area contributed by atoms with Crippen molar-refractivity contribution in [2.45, 2.75) is 32.9 Å². The number of aliphatic carboxylic acids is 1. The van der Waals surface area contributed by atoms with Gasteiger partial charge in [-0.15, -0.1) is 0 Å². The lowest BCUT2D eigenvalue weighted by atomic mass is 10.1. The van der Waals surface area contributed by atoms with E-state index < -0.39 is 17.9 Å². The fourth-order valence-corrected chi connectivity index (χ4v) is 2.46. The molecule has 1 unspecified atom stereocenters. The second kappa shape index (κ2) is 7.16. The molecule has 0 aliphatic heterocycles. The third-order valence-electron chi connectivity index (χ3n) is 3.75. The monoisotopic (exact) mass is 331 g/mol. The minimum atomic E-state index is -1.15. The van der Waals surface area contributed by atoms with E-state index in [4.69, 9.17) is 4.74 Å². The Balaban J connectivity index is 2.24. The summed E-state index contributed by atoms with van der Waals surface area (Å²) in [5, 5.41) is 16.2. The van der Waals surface area contributed by atoms with Crippen molar-refractivity contribution in [1.82, 2.24) is 15.1 Å². The predicted molar refractivity (Wildman–Crippen MR) is 88.2 cm³/mol. The summed E-state index contributed by atoms with van der Waals surface area (Å²) in [6.07, 6.45) is 1.46. The van der Waals surface area contributed by atoms with Crippen LogP contribution in [-0.2, 0) is 4.79 Å². The van der Waals surface area contributed by atoms with Crippen molar-refractivity contribution in [3.63, 3.8) is 0 Å². The molecule has 0 saturated heterocycles. The van der Waals surface area contributed by atoms with E-state index >= 15 is 0 Å². The summed E-state index contributed by atoms with van der Waals surface area (Å²) in [6, 6.07) is 5.50. The molecule has 1 atom stereocenters. The average molecular weight is 331 g/mol. The van der Waals surface area contributed by atoms with Crippen LogP contribution in [0, 0.1) is 6.92 Å². The predicted octanol–water partition coefficient (Wildman–Crippen LogP) is 2.34. The largest absolute Gasteiger partial charge is 0.497 e. The zero-order valence-corrected chi connectivity index (χ0v) is 14.1. The number of carboxylic acids is 1. The van der Waals surface area contributed by atoms with Gasteiger partial charge in [-0.25, -0.2) is 4.79 Å². The van der Waals surface area contributed by atoms with Crippen LogP contribution in [0.1, 0.15) is 47.5 Å². The van der Waals surface area contributed by atoms with E-state index in [2.05, 4.69) is 10.4 Å². The molecule has 0 fully saturated rings. The Labute approximate surface area is 140 Å². The number of hydrogen-bond donors (Lipinski definition) is 2. The van der Waals surface area contributed by atoms with E-state index in [1.165, 1.54) is 13.3 Å². The smallest absolute Gasteiger partial charge is 0.330 e. The molecule has 0 aliphatic carbocycles. The fraction of sp³-hybridized carbons (Fsp3) is 0.353. The summed E-state index contributed by atoms with van der Waals surface area (Å²) < 4.78 is 6.78. The third kappa shape index (κ3) is 3.56. The molecule has 0 saturated carbocycles. The van der Waals surface area contributed by atoms with Crippen molar-refractivity contribution < 1.29 is 19.4 Å². The lowest BCUT2D eigenvalue weighted by Gasteiger charge is -2.15. The highest BCUT2D eigenvalue weighted by Crippen LogP contribution is 2.19. The Kier molecular flexibility index (Phi) is 5.23. The number of ether oxygens (including phenoxy) is 1. The van der Waals surface area contributed by atoms with Gasteiger partial charge in [0.1, 0.15) is 5.75 Å². The number of amides is 1. The van der Waals surface area contributed by atoms with Crippen LogP contribution in [0.4, 0.5) is 0 Å². The number of carbonyl (C=O) groups excluding carboxylic acids is 1. The van der Waals surface area contributed by atoms with Gasteiger partial charge < -0.3 is 15.2 Å². The van der Waals surface area contributed by atoms with E-state index in [-0.39, 0.29) is 6.04 Å². The summed E-state index contributed by atoms with van der Waals surface area (Å²) in [7, 11) is 1.53. The Morgan fingerprint density at radius 2 is 1.88 bits per heavy atom.